The molecule has 1 saturated carbocycles. The second kappa shape index (κ2) is 4.80. The predicted molar refractivity (Wildman–Crippen MR) is 62.3 cm³/mol. The number of carbonyl (C=O) groups is 1. The Morgan fingerprint density at radius 1 is 1.62 bits per heavy atom. The minimum absolute atomic E-state index is 0.0548. The predicted octanol–water partition coefficient (Wildman–Crippen LogP) is 0.759. The monoisotopic (exact) mass is 241 g/mol. The number of thiazole rings is 1. The molecule has 0 radical (unpaired) electrons. The molecular formula is C10H15N3O2S. The van der Waals surface area contributed by atoms with Crippen LogP contribution in [0.15, 0.2) is 5.38 Å². The van der Waals surface area contributed by atoms with Crippen LogP contribution in [-0.2, 0) is 0 Å². The number of nitrogens with one attached hydrogen (secondary N) is 1. The van der Waals surface area contributed by atoms with Crippen LogP contribution in [0.2, 0.25) is 0 Å². The van der Waals surface area contributed by atoms with Gasteiger partial charge in [0.1, 0.15) is 5.69 Å². The van der Waals surface area contributed by atoms with Crippen molar-refractivity contribution in [1.82, 2.24) is 10.3 Å². The Hall–Kier alpha value is -1.14. The molecule has 1 aromatic heterocycles. The highest BCUT2D eigenvalue weighted by atomic mass is 32.1. The van der Waals surface area contributed by atoms with Crippen LogP contribution in [0.4, 0.5) is 5.13 Å². The molecule has 2 unspecified atom stereocenters. The van der Waals surface area contributed by atoms with Gasteiger partial charge in [0.25, 0.3) is 5.91 Å². The van der Waals surface area contributed by atoms with Gasteiger partial charge in [-0.1, -0.05) is 0 Å². The molecule has 1 amide bonds. The molecular weight excluding hydrogens is 226 g/mol. The Bertz CT molecular complexity index is 380. The first kappa shape index (κ1) is 11.3. The molecule has 4 N–H and O–H groups in total. The van der Waals surface area contributed by atoms with Crippen LogP contribution in [0.25, 0.3) is 0 Å². The first-order valence-corrected chi connectivity index (χ1v) is 6.23. The third-order valence-corrected chi connectivity index (χ3v) is 3.41. The third kappa shape index (κ3) is 2.70. The van der Waals surface area contributed by atoms with Gasteiger partial charge in [0, 0.05) is 11.4 Å². The molecule has 0 spiro atoms. The normalized spacial score (nSPS) is 25.3. The van der Waals surface area contributed by atoms with Crippen molar-refractivity contribution in [2.24, 2.45) is 0 Å². The number of nitrogen functional groups attached to an aromatic ring is 1. The lowest BCUT2D eigenvalue weighted by Crippen LogP contribution is -2.39. The summed E-state index contributed by atoms with van der Waals surface area (Å²) < 4.78 is 0. The molecule has 0 saturated heterocycles. The van der Waals surface area contributed by atoms with E-state index in [4.69, 9.17) is 5.73 Å². The molecule has 1 fully saturated rings. The van der Waals surface area contributed by atoms with Crippen molar-refractivity contribution in [2.45, 2.75) is 37.8 Å². The van der Waals surface area contributed by atoms with Gasteiger partial charge >= 0.3 is 0 Å². The molecule has 6 heteroatoms. The summed E-state index contributed by atoms with van der Waals surface area (Å²) in [6, 6.07) is 0.0548. The molecule has 2 atom stereocenters. The summed E-state index contributed by atoms with van der Waals surface area (Å²) in [6.07, 6.45) is 3.04. The highest BCUT2D eigenvalue weighted by Gasteiger charge is 2.22. The maximum atomic E-state index is 11.7. The molecule has 1 aromatic rings. The lowest BCUT2D eigenvalue weighted by Gasteiger charge is -2.26. The highest BCUT2D eigenvalue weighted by Crippen LogP contribution is 2.19. The van der Waals surface area contributed by atoms with E-state index in [0.717, 1.165) is 19.3 Å². The number of aliphatic hydroxyl groups is 1. The van der Waals surface area contributed by atoms with Crippen molar-refractivity contribution in [3.63, 3.8) is 0 Å². The van der Waals surface area contributed by atoms with Crippen molar-refractivity contribution in [3.05, 3.63) is 11.1 Å². The van der Waals surface area contributed by atoms with Crippen molar-refractivity contribution in [2.75, 3.05) is 5.73 Å². The standard InChI is InChI=1S/C10H15N3O2S/c11-10-13-8(5-16-10)9(15)12-6-2-1-3-7(14)4-6/h5-7,14H,1-4H2,(H2,11,13)(H,12,15). The number of amides is 1. The topological polar surface area (TPSA) is 88.2 Å². The van der Waals surface area contributed by atoms with Crippen molar-refractivity contribution in [1.29, 1.82) is 0 Å². The largest absolute Gasteiger partial charge is 0.393 e. The fourth-order valence-electron chi connectivity index (χ4n) is 1.95. The minimum Gasteiger partial charge on any atom is -0.393 e. The summed E-state index contributed by atoms with van der Waals surface area (Å²) in [7, 11) is 0. The first-order valence-electron chi connectivity index (χ1n) is 5.35. The molecule has 1 aliphatic carbocycles. The van der Waals surface area contributed by atoms with Gasteiger partial charge in [0.05, 0.1) is 6.10 Å². The van der Waals surface area contributed by atoms with Gasteiger partial charge < -0.3 is 16.2 Å². The van der Waals surface area contributed by atoms with E-state index in [1.807, 2.05) is 0 Å². The van der Waals surface area contributed by atoms with Crippen molar-refractivity contribution in [3.8, 4) is 0 Å². The van der Waals surface area contributed by atoms with E-state index in [1.165, 1.54) is 11.3 Å². The quantitative estimate of drug-likeness (QED) is 0.713. The van der Waals surface area contributed by atoms with Crippen molar-refractivity contribution < 1.29 is 9.90 Å². The summed E-state index contributed by atoms with van der Waals surface area (Å²) >= 11 is 1.25. The third-order valence-electron chi connectivity index (χ3n) is 2.74. The van der Waals surface area contributed by atoms with Gasteiger partial charge in [0.2, 0.25) is 0 Å². The van der Waals surface area contributed by atoms with Gasteiger partial charge in [-0.15, -0.1) is 11.3 Å². The minimum atomic E-state index is -0.292. The molecule has 0 bridgehead atoms. The highest BCUT2D eigenvalue weighted by molar-refractivity contribution is 7.13. The first-order chi connectivity index (χ1) is 7.65. The number of nitrogens with zero attached hydrogens (tertiary/aromatic N) is 1. The van der Waals surface area contributed by atoms with Crippen LogP contribution in [0, 0.1) is 0 Å². The second-order valence-corrected chi connectivity index (χ2v) is 4.95. The number of carbonyl (C=O) groups excluding carboxylic acids is 1. The van der Waals surface area contributed by atoms with Crippen LogP contribution in [0.3, 0.4) is 0 Å². The molecule has 0 aromatic carbocycles. The fraction of sp³-hybridized carbons (Fsp3) is 0.600. The Morgan fingerprint density at radius 2 is 2.44 bits per heavy atom. The number of aliphatic hydroxyl groups excluding tert-OH is 1. The Kier molecular flexibility index (Phi) is 3.40. The van der Waals surface area contributed by atoms with Gasteiger partial charge in [-0.2, -0.15) is 0 Å². The van der Waals surface area contributed by atoms with Crippen LogP contribution in [0.1, 0.15) is 36.2 Å². The SMILES string of the molecule is Nc1nc(C(=O)NC2CCCC(O)C2)cs1. The molecule has 16 heavy (non-hydrogen) atoms. The zero-order valence-corrected chi connectivity index (χ0v) is 9.67. The smallest absolute Gasteiger partial charge is 0.271 e. The zero-order valence-electron chi connectivity index (χ0n) is 8.85. The summed E-state index contributed by atoms with van der Waals surface area (Å²) in [6.45, 7) is 0. The molecule has 1 heterocycles. The van der Waals surface area contributed by atoms with Crippen LogP contribution >= 0.6 is 11.3 Å². The Balaban J connectivity index is 1.92. The van der Waals surface area contributed by atoms with Crippen LogP contribution in [0.5, 0.6) is 0 Å². The number of anilines is 1. The van der Waals surface area contributed by atoms with Gasteiger partial charge in [-0.05, 0) is 25.7 Å². The number of aromatic nitrogens is 1. The number of nitrogens with two attached hydrogens (primary N) is 1. The van der Waals surface area contributed by atoms with E-state index in [1.54, 1.807) is 5.38 Å². The molecule has 1 aliphatic rings. The van der Waals surface area contributed by atoms with Crippen LogP contribution in [-0.4, -0.2) is 28.1 Å². The molecule has 2 rings (SSSR count). The molecule has 0 aliphatic heterocycles. The Labute approximate surface area is 97.7 Å². The Morgan fingerprint density at radius 3 is 3.06 bits per heavy atom. The van der Waals surface area contributed by atoms with Gasteiger partial charge in [-0.25, -0.2) is 4.98 Å². The van der Waals surface area contributed by atoms with E-state index in [0.29, 0.717) is 17.2 Å². The molecule has 88 valence electrons. The molecule has 5 nitrogen and oxygen atoms in total. The average molecular weight is 241 g/mol. The number of hydrogen-bond donors (Lipinski definition) is 3. The van der Waals surface area contributed by atoms with Crippen molar-refractivity contribution >= 4 is 22.4 Å². The van der Waals surface area contributed by atoms with Gasteiger partial charge in [-0.3, -0.25) is 4.79 Å². The number of rotatable bonds is 2. The van der Waals surface area contributed by atoms with E-state index >= 15 is 0 Å². The summed E-state index contributed by atoms with van der Waals surface area (Å²) in [5.74, 6) is -0.202. The average Bonchev–Trinajstić information content (AvgIpc) is 2.65. The summed E-state index contributed by atoms with van der Waals surface area (Å²) in [5.41, 5.74) is 5.82. The van der Waals surface area contributed by atoms with Crippen LogP contribution < -0.4 is 11.1 Å². The fourth-order valence-corrected chi connectivity index (χ4v) is 2.49. The lowest BCUT2D eigenvalue weighted by atomic mass is 9.93. The summed E-state index contributed by atoms with van der Waals surface area (Å²) in [5, 5.41) is 14.4. The van der Waals surface area contributed by atoms with E-state index in [-0.39, 0.29) is 18.1 Å². The maximum Gasteiger partial charge on any atom is 0.271 e. The number of hydrogen-bond acceptors (Lipinski definition) is 5. The van der Waals surface area contributed by atoms with E-state index in [9.17, 15) is 9.90 Å². The van der Waals surface area contributed by atoms with E-state index in [2.05, 4.69) is 10.3 Å². The summed E-state index contributed by atoms with van der Waals surface area (Å²) in [4.78, 5) is 15.6. The van der Waals surface area contributed by atoms with Gasteiger partial charge in [0.15, 0.2) is 5.13 Å². The van der Waals surface area contributed by atoms with E-state index < -0.39 is 0 Å². The lowest BCUT2D eigenvalue weighted by molar-refractivity contribution is 0.0846. The second-order valence-electron chi connectivity index (χ2n) is 4.06. The zero-order chi connectivity index (χ0) is 11.5. The maximum absolute atomic E-state index is 11.7.